The molecule has 10 aromatic rings. The van der Waals surface area contributed by atoms with Crippen molar-refractivity contribution in [2.45, 2.75) is 15.7 Å². The first kappa shape index (κ1) is 39.6. The Hall–Kier alpha value is -7.98. The van der Waals surface area contributed by atoms with Crippen molar-refractivity contribution in [1.29, 1.82) is 0 Å². The number of fused-ring (bicyclic) bond motifs is 6. The molecule has 10 aromatic carbocycles. The summed E-state index contributed by atoms with van der Waals surface area (Å²) in [4.78, 5) is 8.28. The number of nitrogens with zero attached hydrogens (tertiary/aromatic N) is 2. The van der Waals surface area contributed by atoms with E-state index in [1.165, 1.54) is 66.8 Å². The Labute approximate surface area is 392 Å². The van der Waals surface area contributed by atoms with Gasteiger partial charge in [-0.2, -0.15) is 0 Å². The molecular weight excluding hydrogens is 817 g/mol. The van der Waals surface area contributed by atoms with E-state index in [1.807, 2.05) is 24.4 Å². The molecule has 2 aliphatic rings. The van der Waals surface area contributed by atoms with Crippen molar-refractivity contribution in [2.24, 2.45) is 4.99 Å². The van der Waals surface area contributed by atoms with E-state index < -0.39 is 10.8 Å². The van der Waals surface area contributed by atoms with Gasteiger partial charge >= 0.3 is 0 Å². The lowest BCUT2D eigenvalue weighted by atomic mass is 9.67. The third-order valence-electron chi connectivity index (χ3n) is 13.8. The maximum Gasteiger partial charge on any atom is 0.0783 e. The predicted molar refractivity (Wildman–Crippen MR) is 277 cm³/mol. The van der Waals surface area contributed by atoms with E-state index in [4.69, 9.17) is 17.6 Å². The molecule has 0 unspecified atom stereocenters. The average Bonchev–Trinajstić information content (AvgIpc) is 3.86. The number of thiol groups is 1. The molecule has 0 heterocycles. The van der Waals surface area contributed by atoms with Crippen LogP contribution in [0.2, 0.25) is 0 Å². The molecule has 12 rings (SSSR count). The van der Waals surface area contributed by atoms with E-state index in [1.54, 1.807) is 0 Å². The summed E-state index contributed by atoms with van der Waals surface area (Å²) in [5.41, 5.74) is 18.7. The molecule has 0 N–H and O–H groups in total. The van der Waals surface area contributed by atoms with Crippen LogP contribution in [-0.4, -0.2) is 6.21 Å². The molecule has 2 nitrogen and oxygen atoms in total. The first-order valence-electron chi connectivity index (χ1n) is 22.6. The second-order valence-electron chi connectivity index (χ2n) is 17.2. The fraction of sp³-hybridized carbons (Fsp3) is 0.0317. The summed E-state index contributed by atoms with van der Waals surface area (Å²) < 4.78 is 0. The van der Waals surface area contributed by atoms with Gasteiger partial charge in [0.2, 0.25) is 0 Å². The Kier molecular flexibility index (Phi) is 9.73. The maximum absolute atomic E-state index is 5.05. The Morgan fingerprint density at radius 1 is 0.333 bits per heavy atom. The lowest BCUT2D eigenvalue weighted by Crippen LogP contribution is -2.29. The summed E-state index contributed by atoms with van der Waals surface area (Å²) >= 11 is 4.97. The summed E-state index contributed by atoms with van der Waals surface area (Å²) in [7, 11) is 0. The molecule has 0 aromatic heterocycles. The number of anilines is 3. The number of rotatable bonds is 9. The zero-order valence-electron chi connectivity index (χ0n) is 36.2. The number of benzene rings is 10. The molecule has 0 saturated heterocycles. The highest BCUT2D eigenvalue weighted by Gasteiger charge is 2.48. The van der Waals surface area contributed by atoms with E-state index in [0.717, 1.165) is 33.2 Å². The highest BCUT2D eigenvalue weighted by molar-refractivity contribution is 7.80. The van der Waals surface area contributed by atoms with Crippen molar-refractivity contribution in [1.82, 2.24) is 0 Å². The average molecular weight is 861 g/mol. The van der Waals surface area contributed by atoms with Crippen molar-refractivity contribution in [3.63, 3.8) is 0 Å². The topological polar surface area (TPSA) is 15.6 Å². The standard InChI is InChI=1S/C63H44N2S/c66-61-39-36-51(42-60(61)64-43-44-20-6-1-7-21-44)65(49-34-37-54-52-30-16-18-32-56(52)62(58(54)40-49,45-22-8-2-9-23-45)46-24-10-3-11-25-46)50-35-38-55-53-31-17-19-33-57(53)63(59(55)41-50,47-26-12-4-13-27-47)48-28-14-5-15-29-48/h1-43,66H/b64-43+. The maximum atomic E-state index is 5.05. The molecule has 0 aliphatic heterocycles. The molecule has 0 radical (unpaired) electrons. The van der Waals surface area contributed by atoms with Gasteiger partial charge in [0.15, 0.2) is 0 Å². The van der Waals surface area contributed by atoms with Gasteiger partial charge in [0, 0.05) is 28.2 Å². The van der Waals surface area contributed by atoms with Gasteiger partial charge in [-0.3, -0.25) is 4.99 Å². The normalized spacial score (nSPS) is 13.7. The second-order valence-corrected chi connectivity index (χ2v) is 17.7. The van der Waals surface area contributed by atoms with E-state index in [-0.39, 0.29) is 0 Å². The molecule has 0 spiro atoms. The van der Waals surface area contributed by atoms with Crippen molar-refractivity contribution < 1.29 is 0 Å². The quantitative estimate of drug-likeness (QED) is 0.113. The first-order valence-corrected chi connectivity index (χ1v) is 23.0. The van der Waals surface area contributed by atoms with Crippen LogP contribution in [0, 0.1) is 0 Å². The largest absolute Gasteiger partial charge is 0.310 e. The molecule has 3 heteroatoms. The SMILES string of the molecule is Sc1ccc(N(c2ccc3c(c2)C(c2ccccc2)(c2ccccc2)c2ccccc2-3)c2ccc3c(c2)C(c2ccccc2)(c2ccccc2)c2ccccc2-3)cc1/N=C/c1ccccc1. The molecular formula is C63H44N2S. The fourth-order valence-corrected chi connectivity index (χ4v) is 11.2. The van der Waals surface area contributed by atoms with Gasteiger partial charge in [0.05, 0.1) is 16.5 Å². The van der Waals surface area contributed by atoms with Crippen LogP contribution >= 0.6 is 12.6 Å². The minimum Gasteiger partial charge on any atom is -0.310 e. The van der Waals surface area contributed by atoms with Gasteiger partial charge in [-0.15, -0.1) is 12.6 Å². The summed E-state index contributed by atoms with van der Waals surface area (Å²) in [5.74, 6) is 0. The van der Waals surface area contributed by atoms with E-state index in [0.29, 0.717) is 0 Å². The van der Waals surface area contributed by atoms with Gasteiger partial charge in [0.25, 0.3) is 0 Å². The zero-order valence-corrected chi connectivity index (χ0v) is 37.1. The van der Waals surface area contributed by atoms with Crippen LogP contribution in [0.25, 0.3) is 22.3 Å². The van der Waals surface area contributed by atoms with E-state index >= 15 is 0 Å². The number of hydrogen-bond donors (Lipinski definition) is 1. The van der Waals surface area contributed by atoms with Crippen LogP contribution in [0.1, 0.15) is 50.1 Å². The third kappa shape index (κ3) is 6.15. The summed E-state index contributed by atoms with van der Waals surface area (Å²) in [6.07, 6.45) is 1.92. The van der Waals surface area contributed by atoms with E-state index in [9.17, 15) is 0 Å². The van der Waals surface area contributed by atoms with Gasteiger partial charge in [-0.1, -0.05) is 212 Å². The molecule has 312 valence electrons. The zero-order chi connectivity index (χ0) is 44.1. The van der Waals surface area contributed by atoms with Gasteiger partial charge in [-0.25, -0.2) is 0 Å². The van der Waals surface area contributed by atoms with Crippen LogP contribution in [0.5, 0.6) is 0 Å². The molecule has 2 aliphatic carbocycles. The molecule has 0 bridgehead atoms. The van der Waals surface area contributed by atoms with Crippen LogP contribution in [-0.2, 0) is 10.8 Å². The second kappa shape index (κ2) is 16.2. The Balaban J connectivity index is 1.13. The first-order chi connectivity index (χ1) is 32.7. The van der Waals surface area contributed by atoms with Gasteiger partial charge < -0.3 is 4.90 Å². The van der Waals surface area contributed by atoms with Gasteiger partial charge in [0.1, 0.15) is 0 Å². The summed E-state index contributed by atoms with van der Waals surface area (Å²) in [6.45, 7) is 0. The molecule has 0 fully saturated rings. The highest BCUT2D eigenvalue weighted by Crippen LogP contribution is 2.59. The molecule has 0 saturated carbocycles. The molecule has 66 heavy (non-hydrogen) atoms. The van der Waals surface area contributed by atoms with Crippen molar-refractivity contribution in [3.05, 3.63) is 305 Å². The summed E-state index contributed by atoms with van der Waals surface area (Å²) in [6, 6.07) is 92.8. The fourth-order valence-electron chi connectivity index (χ4n) is 11.0. The van der Waals surface area contributed by atoms with Crippen LogP contribution in [0.4, 0.5) is 22.7 Å². The van der Waals surface area contributed by atoms with Crippen LogP contribution in [0.3, 0.4) is 0 Å². The number of aliphatic imine (C=N–C) groups is 1. The smallest absolute Gasteiger partial charge is 0.0783 e. The monoisotopic (exact) mass is 860 g/mol. The molecule has 0 atom stereocenters. The minimum atomic E-state index is -0.564. The third-order valence-corrected chi connectivity index (χ3v) is 14.1. The Morgan fingerprint density at radius 3 is 1.12 bits per heavy atom. The van der Waals surface area contributed by atoms with Crippen molar-refractivity contribution in [3.8, 4) is 22.3 Å². The summed E-state index contributed by atoms with van der Waals surface area (Å²) in [5, 5.41) is 0. The number of hydrogen-bond acceptors (Lipinski definition) is 3. The lowest BCUT2D eigenvalue weighted by Gasteiger charge is -2.36. The van der Waals surface area contributed by atoms with Gasteiger partial charge in [-0.05, 0) is 115 Å². The van der Waals surface area contributed by atoms with Crippen LogP contribution in [0.15, 0.2) is 265 Å². The van der Waals surface area contributed by atoms with Crippen molar-refractivity contribution >= 4 is 41.6 Å². The van der Waals surface area contributed by atoms with E-state index in [2.05, 4.69) is 241 Å². The Morgan fingerprint density at radius 2 is 0.682 bits per heavy atom. The highest BCUT2D eigenvalue weighted by atomic mass is 32.1. The minimum absolute atomic E-state index is 0.564. The van der Waals surface area contributed by atoms with Crippen molar-refractivity contribution in [2.75, 3.05) is 4.90 Å². The predicted octanol–water partition coefficient (Wildman–Crippen LogP) is 15.9. The lowest BCUT2D eigenvalue weighted by molar-refractivity contribution is 0.767. The molecule has 0 amide bonds. The Bertz CT molecular complexity index is 3160. The van der Waals surface area contributed by atoms with Crippen LogP contribution < -0.4 is 4.90 Å².